The number of benzene rings is 1. The second-order valence-corrected chi connectivity index (χ2v) is 4.87. The summed E-state index contributed by atoms with van der Waals surface area (Å²) in [6, 6.07) is 9.38. The number of aryl methyl sites for hydroxylation is 1. The average molecular weight is 296 g/mol. The van der Waals surface area contributed by atoms with E-state index in [9.17, 15) is 9.90 Å². The quantitative estimate of drug-likeness (QED) is 0.881. The molecule has 0 aliphatic heterocycles. The number of aromatic nitrogens is 1. The third kappa shape index (κ3) is 2.74. The smallest absolute Gasteiger partial charge is 0.281 e. The van der Waals surface area contributed by atoms with Gasteiger partial charge in [0.05, 0.1) is 5.69 Å². The van der Waals surface area contributed by atoms with E-state index in [1.165, 1.54) is 12.6 Å². The first-order valence-electron chi connectivity index (χ1n) is 6.83. The molecular weight excluding hydrogens is 280 g/mol. The second kappa shape index (κ2) is 6.22. The molecule has 112 valence electrons. The van der Waals surface area contributed by atoms with Crippen LogP contribution in [0.25, 0.3) is 0 Å². The summed E-state index contributed by atoms with van der Waals surface area (Å²) in [6.45, 7) is 3.62. The molecule has 1 aromatic heterocycles. The monoisotopic (exact) mass is 296 g/mol. The Kier molecular flexibility index (Phi) is 4.37. The summed E-state index contributed by atoms with van der Waals surface area (Å²) in [6.07, 6.45) is 0.931. The lowest BCUT2D eigenvalue weighted by atomic mass is 10.1. The molecule has 0 saturated heterocycles. The fourth-order valence-electron chi connectivity index (χ4n) is 2.03. The van der Waals surface area contributed by atoms with Crippen molar-refractivity contribution in [2.45, 2.75) is 20.3 Å². The van der Waals surface area contributed by atoms with Crippen LogP contribution in [-0.2, 0) is 13.5 Å². The van der Waals surface area contributed by atoms with Gasteiger partial charge in [0.2, 0.25) is 5.88 Å². The summed E-state index contributed by atoms with van der Waals surface area (Å²) in [5.74, 6) is -0.365. The summed E-state index contributed by atoms with van der Waals surface area (Å²) in [5, 5.41) is 26.9. The topological polar surface area (TPSA) is 90.7 Å². The lowest BCUT2D eigenvalue weighted by molar-refractivity contribution is 0.421. The van der Waals surface area contributed by atoms with Gasteiger partial charge in [0.1, 0.15) is 11.6 Å². The third-order valence-corrected chi connectivity index (χ3v) is 3.50. The molecule has 0 fully saturated rings. The van der Waals surface area contributed by atoms with E-state index in [2.05, 4.69) is 17.2 Å². The molecule has 0 amide bonds. The fourth-order valence-corrected chi connectivity index (χ4v) is 2.03. The van der Waals surface area contributed by atoms with Gasteiger partial charge in [-0.2, -0.15) is 10.4 Å². The minimum absolute atomic E-state index is 0.0254. The van der Waals surface area contributed by atoms with Gasteiger partial charge in [-0.05, 0) is 31.0 Å². The maximum Gasteiger partial charge on any atom is 0.281 e. The first kappa shape index (κ1) is 15.4. The Bertz CT molecular complexity index is 827. The highest BCUT2D eigenvalue weighted by Gasteiger charge is 2.16. The molecule has 0 bridgehead atoms. The Morgan fingerprint density at radius 2 is 1.91 bits per heavy atom. The largest absolute Gasteiger partial charge is 0.493 e. The molecule has 1 N–H and O–H groups in total. The van der Waals surface area contributed by atoms with E-state index in [4.69, 9.17) is 5.26 Å². The van der Waals surface area contributed by atoms with Crippen LogP contribution < -0.4 is 5.56 Å². The molecule has 0 spiro atoms. The lowest BCUT2D eigenvalue weighted by Gasteiger charge is -2.08. The van der Waals surface area contributed by atoms with Gasteiger partial charge >= 0.3 is 0 Å². The Morgan fingerprint density at radius 3 is 2.45 bits per heavy atom. The first-order valence-corrected chi connectivity index (χ1v) is 6.83. The molecule has 0 unspecified atom stereocenters. The van der Waals surface area contributed by atoms with Crippen LogP contribution in [0.15, 0.2) is 39.3 Å². The molecule has 6 nitrogen and oxygen atoms in total. The highest BCUT2D eigenvalue weighted by molar-refractivity contribution is 5.56. The van der Waals surface area contributed by atoms with Crippen LogP contribution in [0.3, 0.4) is 0 Å². The van der Waals surface area contributed by atoms with E-state index in [1.807, 2.05) is 30.3 Å². The number of nitrogens with zero attached hydrogens (tertiary/aromatic N) is 4. The van der Waals surface area contributed by atoms with Crippen molar-refractivity contribution in [1.29, 1.82) is 5.26 Å². The SMILES string of the molecule is CCc1ccc(N=Nc2c(C)c(C#N)c(O)n(C)c2=O)cc1. The van der Waals surface area contributed by atoms with Gasteiger partial charge in [0, 0.05) is 12.6 Å². The van der Waals surface area contributed by atoms with Crippen molar-refractivity contribution >= 4 is 11.4 Å². The van der Waals surface area contributed by atoms with Crippen LogP contribution in [0, 0.1) is 18.3 Å². The Labute approximate surface area is 128 Å². The van der Waals surface area contributed by atoms with E-state index < -0.39 is 5.56 Å². The number of pyridine rings is 1. The van der Waals surface area contributed by atoms with E-state index in [-0.39, 0.29) is 17.1 Å². The van der Waals surface area contributed by atoms with Crippen molar-refractivity contribution in [1.82, 2.24) is 4.57 Å². The molecule has 6 heteroatoms. The van der Waals surface area contributed by atoms with Crippen molar-refractivity contribution in [3.63, 3.8) is 0 Å². The van der Waals surface area contributed by atoms with Crippen LogP contribution in [0.1, 0.15) is 23.6 Å². The second-order valence-electron chi connectivity index (χ2n) is 4.87. The summed E-state index contributed by atoms with van der Waals surface area (Å²) >= 11 is 0. The average Bonchev–Trinajstić information content (AvgIpc) is 2.54. The normalized spacial score (nSPS) is 10.8. The van der Waals surface area contributed by atoms with Crippen molar-refractivity contribution in [3.8, 4) is 11.9 Å². The molecule has 2 aromatic rings. The highest BCUT2D eigenvalue weighted by atomic mass is 16.3. The van der Waals surface area contributed by atoms with Gasteiger partial charge in [0.15, 0.2) is 5.69 Å². The van der Waals surface area contributed by atoms with Crippen molar-refractivity contribution in [3.05, 3.63) is 51.3 Å². The zero-order chi connectivity index (χ0) is 16.3. The summed E-state index contributed by atoms with van der Waals surface area (Å²) in [4.78, 5) is 12.1. The molecule has 1 aromatic carbocycles. The number of aromatic hydroxyl groups is 1. The van der Waals surface area contributed by atoms with Crippen molar-refractivity contribution in [2.75, 3.05) is 0 Å². The minimum atomic E-state index is -0.497. The molecular formula is C16H16N4O2. The Morgan fingerprint density at radius 1 is 1.27 bits per heavy atom. The van der Waals surface area contributed by atoms with E-state index >= 15 is 0 Å². The molecule has 0 saturated carbocycles. The molecule has 2 rings (SSSR count). The van der Waals surface area contributed by atoms with E-state index in [0.717, 1.165) is 11.0 Å². The van der Waals surface area contributed by atoms with Crippen molar-refractivity contribution in [2.24, 2.45) is 17.3 Å². The zero-order valence-electron chi connectivity index (χ0n) is 12.7. The number of hydrogen-bond acceptors (Lipinski definition) is 5. The zero-order valence-corrected chi connectivity index (χ0v) is 12.7. The number of hydrogen-bond donors (Lipinski definition) is 1. The van der Waals surface area contributed by atoms with Gasteiger partial charge in [-0.3, -0.25) is 9.36 Å². The summed E-state index contributed by atoms with van der Waals surface area (Å²) < 4.78 is 0.986. The molecule has 22 heavy (non-hydrogen) atoms. The maximum absolute atomic E-state index is 12.1. The predicted molar refractivity (Wildman–Crippen MR) is 82.8 cm³/mol. The fraction of sp³-hybridized carbons (Fsp3) is 0.250. The van der Waals surface area contributed by atoms with Gasteiger partial charge in [-0.1, -0.05) is 19.1 Å². The maximum atomic E-state index is 12.1. The van der Waals surface area contributed by atoms with Gasteiger partial charge in [-0.15, -0.1) is 5.11 Å². The van der Waals surface area contributed by atoms with Crippen LogP contribution in [0.4, 0.5) is 11.4 Å². The highest BCUT2D eigenvalue weighted by Crippen LogP contribution is 2.26. The molecule has 0 atom stereocenters. The van der Waals surface area contributed by atoms with E-state index in [0.29, 0.717) is 11.3 Å². The summed E-state index contributed by atoms with van der Waals surface area (Å²) in [7, 11) is 1.38. The molecule has 0 radical (unpaired) electrons. The molecule has 1 heterocycles. The predicted octanol–water partition coefficient (Wildman–Crippen LogP) is 3.25. The van der Waals surface area contributed by atoms with Crippen LogP contribution in [0.2, 0.25) is 0 Å². The Hall–Kier alpha value is -2.94. The number of azo groups is 1. The Balaban J connectivity index is 2.49. The molecule has 0 aliphatic rings. The number of nitriles is 1. The first-order chi connectivity index (χ1) is 10.5. The lowest BCUT2D eigenvalue weighted by Crippen LogP contribution is -2.18. The van der Waals surface area contributed by atoms with Crippen LogP contribution >= 0.6 is 0 Å². The van der Waals surface area contributed by atoms with Gasteiger partial charge < -0.3 is 5.11 Å². The summed E-state index contributed by atoms with van der Waals surface area (Å²) in [5.41, 5.74) is 1.70. The van der Waals surface area contributed by atoms with Gasteiger partial charge in [-0.25, -0.2) is 0 Å². The number of rotatable bonds is 3. The standard InChI is InChI=1S/C16H16N4O2/c1-4-11-5-7-12(8-6-11)18-19-14-10(2)13(9-17)15(21)20(3)16(14)22/h5-8,21H,4H2,1-3H3. The third-order valence-electron chi connectivity index (χ3n) is 3.50. The van der Waals surface area contributed by atoms with Crippen LogP contribution in [0.5, 0.6) is 5.88 Å². The van der Waals surface area contributed by atoms with Crippen molar-refractivity contribution < 1.29 is 5.11 Å². The van der Waals surface area contributed by atoms with Gasteiger partial charge in [0.25, 0.3) is 5.56 Å². The molecule has 0 aliphatic carbocycles. The minimum Gasteiger partial charge on any atom is -0.493 e. The van der Waals surface area contributed by atoms with E-state index in [1.54, 1.807) is 6.92 Å². The van der Waals surface area contributed by atoms with Crippen LogP contribution in [-0.4, -0.2) is 9.67 Å².